The summed E-state index contributed by atoms with van der Waals surface area (Å²) in [5.74, 6) is 0.242. The van der Waals surface area contributed by atoms with E-state index >= 15 is 0 Å². The molecule has 0 radical (unpaired) electrons. The van der Waals surface area contributed by atoms with Crippen LogP contribution >= 0.6 is 0 Å². The maximum atomic E-state index is 12.2. The number of hydrogen-bond donors (Lipinski definition) is 1. The second-order valence-electron chi connectivity index (χ2n) is 8.67. The molecule has 2 saturated carbocycles. The van der Waals surface area contributed by atoms with Crippen LogP contribution in [0.5, 0.6) is 0 Å². The average molecular weight is 408 g/mol. The van der Waals surface area contributed by atoms with Gasteiger partial charge in [-0.05, 0) is 48.8 Å². The van der Waals surface area contributed by atoms with Crippen LogP contribution in [0.15, 0.2) is 34.3 Å². The number of benzene rings is 1. The third kappa shape index (κ3) is 3.43. The maximum Gasteiger partial charge on any atom is 0.265 e. The monoisotopic (exact) mass is 407 g/mol. The highest BCUT2D eigenvalue weighted by Gasteiger charge is 2.60. The molecule has 0 heterocycles. The summed E-state index contributed by atoms with van der Waals surface area (Å²) in [6.45, 7) is 6.59. The van der Waals surface area contributed by atoms with E-state index in [1.165, 1.54) is 32.6 Å². The quantitative estimate of drug-likeness (QED) is 0.734. The number of hydrogen-bond acceptors (Lipinski definition) is 5. The lowest BCUT2D eigenvalue weighted by Gasteiger charge is -2.34. The average Bonchev–Trinajstić information content (AvgIpc) is 2.95. The van der Waals surface area contributed by atoms with Crippen molar-refractivity contribution < 1.29 is 18.0 Å². The molecule has 0 aromatic heterocycles. The van der Waals surface area contributed by atoms with Gasteiger partial charge in [-0.15, -0.1) is 0 Å². The first kappa shape index (κ1) is 20.8. The van der Waals surface area contributed by atoms with E-state index in [1.54, 1.807) is 12.1 Å². The number of fused-ring (bicyclic) bond motifs is 2. The molecule has 1 aromatic rings. The Morgan fingerprint density at radius 2 is 2.04 bits per heavy atom. The number of nitrogens with zero attached hydrogens (tertiary/aromatic N) is 2. The van der Waals surface area contributed by atoms with Crippen LogP contribution in [0.1, 0.15) is 40.0 Å². The van der Waals surface area contributed by atoms with Gasteiger partial charge >= 0.3 is 0 Å². The number of amides is 1. The van der Waals surface area contributed by atoms with Crippen LogP contribution in [0.4, 0.5) is 5.69 Å². The molecule has 2 fully saturated rings. The molecule has 1 N–H and O–H groups in total. The van der Waals surface area contributed by atoms with Gasteiger partial charge in [0.05, 0.1) is 10.6 Å². The zero-order chi connectivity index (χ0) is 20.7. The standard InChI is InChI=1S/C20H29N3O4S/c1-19(2)14-9-10-20(19,3)17(11-14)22-27-13-18(24)21-15-7-6-8-16(12-15)28(25,26)23(4)5/h6-8,12,14H,9-11,13H2,1-5H3,(H,21,24)/b22-17-/t14-,20-/m1/s1. The van der Waals surface area contributed by atoms with Crippen LogP contribution in [-0.2, 0) is 19.7 Å². The first-order valence-corrected chi connectivity index (χ1v) is 10.9. The Labute approximate surface area is 167 Å². The molecule has 0 saturated heterocycles. The minimum Gasteiger partial charge on any atom is -0.386 e. The summed E-state index contributed by atoms with van der Waals surface area (Å²) in [5.41, 5.74) is 1.68. The fourth-order valence-electron chi connectivity index (χ4n) is 4.38. The smallest absolute Gasteiger partial charge is 0.265 e. The Kier molecular flexibility index (Phi) is 5.31. The van der Waals surface area contributed by atoms with Crippen molar-refractivity contribution in [2.45, 2.75) is 44.9 Å². The summed E-state index contributed by atoms with van der Waals surface area (Å²) in [6, 6.07) is 6.15. The lowest BCUT2D eigenvalue weighted by atomic mass is 9.70. The highest BCUT2D eigenvalue weighted by atomic mass is 32.2. The number of oxime groups is 1. The Morgan fingerprint density at radius 3 is 2.61 bits per heavy atom. The van der Waals surface area contributed by atoms with Gasteiger partial charge in [0.15, 0.2) is 6.61 Å². The molecule has 3 rings (SSSR count). The van der Waals surface area contributed by atoms with Crippen molar-refractivity contribution in [1.82, 2.24) is 4.31 Å². The Hall–Kier alpha value is -1.93. The van der Waals surface area contributed by atoms with Gasteiger partial charge in [-0.3, -0.25) is 4.79 Å². The number of carbonyl (C=O) groups excluding carboxylic acids is 1. The summed E-state index contributed by atoms with van der Waals surface area (Å²) >= 11 is 0. The van der Waals surface area contributed by atoms with Crippen LogP contribution in [0.3, 0.4) is 0 Å². The van der Waals surface area contributed by atoms with Gasteiger partial charge in [0.2, 0.25) is 10.0 Å². The van der Waals surface area contributed by atoms with Crippen molar-refractivity contribution in [2.75, 3.05) is 26.0 Å². The molecule has 0 unspecified atom stereocenters. The first-order chi connectivity index (χ1) is 13.0. The van der Waals surface area contributed by atoms with Crippen molar-refractivity contribution in [3.05, 3.63) is 24.3 Å². The molecular formula is C20H29N3O4S. The highest BCUT2D eigenvalue weighted by molar-refractivity contribution is 7.89. The van der Waals surface area contributed by atoms with Gasteiger partial charge in [0.25, 0.3) is 5.91 Å². The molecule has 2 bridgehead atoms. The van der Waals surface area contributed by atoms with Gasteiger partial charge in [-0.25, -0.2) is 12.7 Å². The van der Waals surface area contributed by atoms with Crippen molar-refractivity contribution in [1.29, 1.82) is 0 Å². The van der Waals surface area contributed by atoms with Gasteiger partial charge in [0.1, 0.15) is 0 Å². The van der Waals surface area contributed by atoms with Gasteiger partial charge in [0, 0.05) is 25.2 Å². The SMILES string of the molecule is CN(C)S(=O)(=O)c1cccc(NC(=O)CO/N=C2/C[C@H]3CC[C@@]2(C)C3(C)C)c1. The number of rotatable bonds is 6. The van der Waals surface area contributed by atoms with E-state index in [1.807, 2.05) is 0 Å². The molecule has 2 atom stereocenters. The number of nitrogens with one attached hydrogen (secondary N) is 1. The minimum atomic E-state index is -3.56. The number of anilines is 1. The van der Waals surface area contributed by atoms with Crippen molar-refractivity contribution >= 4 is 27.3 Å². The van der Waals surface area contributed by atoms with Crippen LogP contribution < -0.4 is 5.32 Å². The number of sulfonamides is 1. The van der Waals surface area contributed by atoms with E-state index in [2.05, 4.69) is 31.2 Å². The lowest BCUT2D eigenvalue weighted by molar-refractivity contribution is -0.120. The van der Waals surface area contributed by atoms with E-state index < -0.39 is 10.0 Å². The van der Waals surface area contributed by atoms with Gasteiger partial charge < -0.3 is 10.2 Å². The third-order valence-electron chi connectivity index (χ3n) is 6.78. The second kappa shape index (κ2) is 7.15. The summed E-state index contributed by atoms with van der Waals surface area (Å²) in [4.78, 5) is 17.6. The van der Waals surface area contributed by atoms with Crippen LogP contribution in [0.25, 0.3) is 0 Å². The highest BCUT2D eigenvalue weighted by Crippen LogP contribution is 2.63. The Morgan fingerprint density at radius 1 is 1.32 bits per heavy atom. The summed E-state index contributed by atoms with van der Waals surface area (Å²) < 4.78 is 25.5. The summed E-state index contributed by atoms with van der Waals surface area (Å²) in [6.07, 6.45) is 3.25. The normalized spacial score (nSPS) is 27.4. The van der Waals surface area contributed by atoms with Gasteiger partial charge in [-0.1, -0.05) is 32.0 Å². The molecule has 0 aliphatic heterocycles. The molecule has 2 aliphatic carbocycles. The van der Waals surface area contributed by atoms with Crippen LogP contribution in [0.2, 0.25) is 0 Å². The molecule has 28 heavy (non-hydrogen) atoms. The first-order valence-electron chi connectivity index (χ1n) is 9.50. The molecule has 1 amide bonds. The maximum absolute atomic E-state index is 12.2. The molecule has 0 spiro atoms. The lowest BCUT2D eigenvalue weighted by Crippen LogP contribution is -2.32. The minimum absolute atomic E-state index is 0.0308. The fraction of sp³-hybridized carbons (Fsp3) is 0.600. The molecule has 2 aliphatic rings. The van der Waals surface area contributed by atoms with E-state index in [-0.39, 0.29) is 28.2 Å². The zero-order valence-corrected chi connectivity index (χ0v) is 18.0. The fourth-order valence-corrected chi connectivity index (χ4v) is 5.33. The molecule has 7 nitrogen and oxygen atoms in total. The largest absolute Gasteiger partial charge is 0.386 e. The molecule has 1 aromatic carbocycles. The predicted molar refractivity (Wildman–Crippen MR) is 109 cm³/mol. The van der Waals surface area contributed by atoms with E-state index in [4.69, 9.17) is 4.84 Å². The van der Waals surface area contributed by atoms with Crippen molar-refractivity contribution in [2.24, 2.45) is 21.9 Å². The predicted octanol–water partition coefficient (Wildman–Crippen LogP) is 3.09. The topological polar surface area (TPSA) is 88.1 Å². The van der Waals surface area contributed by atoms with Crippen molar-refractivity contribution in [3.8, 4) is 0 Å². The molecule has 8 heteroatoms. The van der Waals surface area contributed by atoms with Crippen molar-refractivity contribution in [3.63, 3.8) is 0 Å². The van der Waals surface area contributed by atoms with Crippen LogP contribution in [0, 0.1) is 16.7 Å². The summed E-state index contributed by atoms with van der Waals surface area (Å²) in [7, 11) is -0.630. The molecule has 154 valence electrons. The van der Waals surface area contributed by atoms with Gasteiger partial charge in [-0.2, -0.15) is 0 Å². The van der Waals surface area contributed by atoms with E-state index in [9.17, 15) is 13.2 Å². The van der Waals surface area contributed by atoms with E-state index in [0.717, 1.165) is 22.9 Å². The molecular weight excluding hydrogens is 378 g/mol. The Bertz CT molecular complexity index is 908. The Balaban J connectivity index is 1.61. The van der Waals surface area contributed by atoms with E-state index in [0.29, 0.717) is 11.6 Å². The number of carbonyl (C=O) groups is 1. The second-order valence-corrected chi connectivity index (χ2v) is 10.8. The van der Waals surface area contributed by atoms with Crippen LogP contribution in [-0.4, -0.2) is 45.0 Å². The zero-order valence-electron chi connectivity index (χ0n) is 17.2. The third-order valence-corrected chi connectivity index (χ3v) is 8.59. The summed E-state index contributed by atoms with van der Waals surface area (Å²) in [5, 5.41) is 6.95.